The normalized spacial score (nSPS) is 11.5. The second-order valence-electron chi connectivity index (χ2n) is 5.96. The number of nitrogens with one attached hydrogen (secondary N) is 1. The number of thiazole rings is 1. The molecule has 0 saturated heterocycles. The monoisotopic (exact) mass is 414 g/mol. The van der Waals surface area contributed by atoms with Gasteiger partial charge in [-0.25, -0.2) is 13.4 Å². The topological polar surface area (TPSA) is 85.4 Å². The number of allylic oxidation sites excluding steroid dienone is 1. The molecule has 0 fully saturated rings. The van der Waals surface area contributed by atoms with Crippen LogP contribution < -0.4 is 9.46 Å². The Labute approximate surface area is 167 Å². The van der Waals surface area contributed by atoms with Gasteiger partial charge in [0.2, 0.25) is 10.0 Å². The van der Waals surface area contributed by atoms with Crippen molar-refractivity contribution in [2.45, 2.75) is 0 Å². The maximum atomic E-state index is 12.3. The molecule has 6 nitrogen and oxygen atoms in total. The van der Waals surface area contributed by atoms with Gasteiger partial charge < -0.3 is 4.74 Å². The molecule has 0 spiro atoms. The highest BCUT2D eigenvalue weighted by Gasteiger charge is 2.07. The van der Waals surface area contributed by atoms with Gasteiger partial charge >= 0.3 is 0 Å². The molecule has 144 valence electrons. The van der Waals surface area contributed by atoms with E-state index in [1.165, 1.54) is 17.4 Å². The highest BCUT2D eigenvalue weighted by Crippen LogP contribution is 2.27. The zero-order chi connectivity index (χ0) is 20.1. The SMILES string of the molecule is COc1cccc(-c2nc(C=CC(=O)c3ccc(NS(C)(=O)=O)cc3)cs2)c1. The number of ketones is 1. The number of carbonyl (C=O) groups is 1. The van der Waals surface area contributed by atoms with Crippen molar-refractivity contribution in [3.05, 3.63) is 71.2 Å². The summed E-state index contributed by atoms with van der Waals surface area (Å²) >= 11 is 1.48. The van der Waals surface area contributed by atoms with Crippen LogP contribution in [0.5, 0.6) is 5.75 Å². The van der Waals surface area contributed by atoms with Gasteiger partial charge in [-0.1, -0.05) is 12.1 Å². The van der Waals surface area contributed by atoms with Gasteiger partial charge in [0.15, 0.2) is 5.78 Å². The molecular weight excluding hydrogens is 396 g/mol. The van der Waals surface area contributed by atoms with Crippen molar-refractivity contribution < 1.29 is 17.9 Å². The molecule has 0 aliphatic carbocycles. The first-order valence-electron chi connectivity index (χ1n) is 8.24. The molecular formula is C20H18N2O4S2. The average Bonchev–Trinajstić information content (AvgIpc) is 3.14. The van der Waals surface area contributed by atoms with Crippen molar-refractivity contribution in [3.8, 4) is 16.3 Å². The molecule has 0 radical (unpaired) electrons. The Balaban J connectivity index is 1.70. The summed E-state index contributed by atoms with van der Waals surface area (Å²) in [5.74, 6) is 0.565. The first-order valence-corrected chi connectivity index (χ1v) is 11.0. The van der Waals surface area contributed by atoms with E-state index in [9.17, 15) is 13.2 Å². The van der Waals surface area contributed by atoms with Gasteiger partial charge in [0.05, 0.1) is 19.1 Å². The van der Waals surface area contributed by atoms with Gasteiger partial charge in [-0.05, 0) is 48.6 Å². The fraction of sp³-hybridized carbons (Fsp3) is 0.100. The fourth-order valence-electron chi connectivity index (χ4n) is 2.43. The van der Waals surface area contributed by atoms with Crippen LogP contribution in [0, 0.1) is 0 Å². The molecule has 0 saturated carbocycles. The summed E-state index contributed by atoms with van der Waals surface area (Å²) in [6, 6.07) is 13.9. The smallest absolute Gasteiger partial charge is 0.229 e. The van der Waals surface area contributed by atoms with E-state index in [1.54, 1.807) is 37.5 Å². The zero-order valence-electron chi connectivity index (χ0n) is 15.2. The lowest BCUT2D eigenvalue weighted by atomic mass is 10.1. The van der Waals surface area contributed by atoms with Gasteiger partial charge in [0.1, 0.15) is 10.8 Å². The van der Waals surface area contributed by atoms with Crippen LogP contribution >= 0.6 is 11.3 Å². The number of sulfonamides is 1. The molecule has 0 aliphatic rings. The van der Waals surface area contributed by atoms with E-state index in [0.29, 0.717) is 16.9 Å². The number of carbonyl (C=O) groups excluding carboxylic acids is 1. The Hall–Kier alpha value is -2.97. The molecule has 3 aromatic rings. The van der Waals surface area contributed by atoms with Crippen LogP contribution in [0.2, 0.25) is 0 Å². The van der Waals surface area contributed by atoms with Crippen LogP contribution in [0.3, 0.4) is 0 Å². The number of aromatic nitrogens is 1. The van der Waals surface area contributed by atoms with Crippen LogP contribution in [0.4, 0.5) is 5.69 Å². The summed E-state index contributed by atoms with van der Waals surface area (Å²) in [6.45, 7) is 0. The van der Waals surface area contributed by atoms with Crippen molar-refractivity contribution in [1.82, 2.24) is 4.98 Å². The van der Waals surface area contributed by atoms with E-state index < -0.39 is 10.0 Å². The molecule has 0 bridgehead atoms. The van der Waals surface area contributed by atoms with E-state index in [4.69, 9.17) is 4.74 Å². The summed E-state index contributed by atoms with van der Waals surface area (Å²) < 4.78 is 30.0. The predicted molar refractivity (Wildman–Crippen MR) is 112 cm³/mol. The molecule has 0 aliphatic heterocycles. The number of ether oxygens (including phenoxy) is 1. The Morgan fingerprint density at radius 2 is 1.93 bits per heavy atom. The molecule has 0 amide bonds. The third kappa shape index (κ3) is 5.28. The van der Waals surface area contributed by atoms with Crippen molar-refractivity contribution in [2.24, 2.45) is 0 Å². The first kappa shape index (κ1) is 19.8. The Bertz CT molecular complexity index is 1120. The molecule has 0 unspecified atom stereocenters. The predicted octanol–water partition coefficient (Wildman–Crippen LogP) is 4.09. The highest BCUT2D eigenvalue weighted by molar-refractivity contribution is 7.92. The molecule has 28 heavy (non-hydrogen) atoms. The molecule has 0 atom stereocenters. The van der Waals surface area contributed by atoms with Crippen molar-refractivity contribution >= 4 is 38.9 Å². The summed E-state index contributed by atoms with van der Waals surface area (Å²) in [5.41, 5.74) is 2.50. The molecule has 1 aromatic heterocycles. The van der Waals surface area contributed by atoms with Crippen LogP contribution in [0.1, 0.15) is 16.1 Å². The second-order valence-corrected chi connectivity index (χ2v) is 8.57. The number of anilines is 1. The van der Waals surface area contributed by atoms with Crippen LogP contribution in [0.15, 0.2) is 60.0 Å². The average molecular weight is 415 g/mol. The number of hydrogen-bond acceptors (Lipinski definition) is 6. The van der Waals surface area contributed by atoms with Gasteiger partial charge in [-0.2, -0.15) is 0 Å². The summed E-state index contributed by atoms with van der Waals surface area (Å²) in [7, 11) is -1.73. The lowest BCUT2D eigenvalue weighted by Crippen LogP contribution is -2.09. The van der Waals surface area contributed by atoms with Gasteiger partial charge in [0, 0.05) is 22.2 Å². The summed E-state index contributed by atoms with van der Waals surface area (Å²) in [4.78, 5) is 16.8. The number of benzene rings is 2. The summed E-state index contributed by atoms with van der Waals surface area (Å²) in [5, 5.41) is 2.71. The third-order valence-corrected chi connectivity index (χ3v) is 5.23. The number of methoxy groups -OCH3 is 1. The van der Waals surface area contributed by atoms with E-state index in [1.807, 2.05) is 29.6 Å². The highest BCUT2D eigenvalue weighted by atomic mass is 32.2. The van der Waals surface area contributed by atoms with Crippen molar-refractivity contribution in [3.63, 3.8) is 0 Å². The fourth-order valence-corrected chi connectivity index (χ4v) is 3.77. The van der Waals surface area contributed by atoms with Crippen LogP contribution in [-0.2, 0) is 10.0 Å². The third-order valence-electron chi connectivity index (χ3n) is 3.72. The minimum absolute atomic E-state index is 0.193. The van der Waals surface area contributed by atoms with Crippen molar-refractivity contribution in [1.29, 1.82) is 0 Å². The van der Waals surface area contributed by atoms with Crippen molar-refractivity contribution in [2.75, 3.05) is 18.1 Å². The minimum Gasteiger partial charge on any atom is -0.497 e. The standard InChI is InChI=1S/C20H18N2O4S2/c1-26-18-5-3-4-15(12-18)20-21-17(13-27-20)10-11-19(23)14-6-8-16(9-7-14)22-28(2,24)25/h3-13,22H,1-2H3. The number of rotatable bonds is 7. The van der Waals surface area contributed by atoms with Crippen LogP contribution in [0.25, 0.3) is 16.6 Å². The van der Waals surface area contributed by atoms with Gasteiger partial charge in [0.25, 0.3) is 0 Å². The maximum absolute atomic E-state index is 12.3. The lowest BCUT2D eigenvalue weighted by molar-refractivity contribution is 0.104. The largest absolute Gasteiger partial charge is 0.497 e. The lowest BCUT2D eigenvalue weighted by Gasteiger charge is -2.03. The van der Waals surface area contributed by atoms with E-state index in [2.05, 4.69) is 9.71 Å². The Kier molecular flexibility index (Phi) is 5.91. The molecule has 1 N–H and O–H groups in total. The zero-order valence-corrected chi connectivity index (χ0v) is 16.9. The number of hydrogen-bond donors (Lipinski definition) is 1. The Morgan fingerprint density at radius 1 is 1.18 bits per heavy atom. The van der Waals surface area contributed by atoms with Crippen LogP contribution in [-0.4, -0.2) is 32.6 Å². The van der Waals surface area contributed by atoms with E-state index in [-0.39, 0.29) is 5.78 Å². The van der Waals surface area contributed by atoms with E-state index >= 15 is 0 Å². The molecule has 1 heterocycles. The van der Waals surface area contributed by atoms with Gasteiger partial charge in [-0.15, -0.1) is 11.3 Å². The minimum atomic E-state index is -3.35. The molecule has 2 aromatic carbocycles. The second kappa shape index (κ2) is 8.37. The summed E-state index contributed by atoms with van der Waals surface area (Å²) in [6.07, 6.45) is 4.18. The molecule has 8 heteroatoms. The first-order chi connectivity index (χ1) is 13.3. The molecule has 3 rings (SSSR count). The maximum Gasteiger partial charge on any atom is 0.229 e. The Morgan fingerprint density at radius 3 is 2.61 bits per heavy atom. The van der Waals surface area contributed by atoms with Gasteiger partial charge in [-0.3, -0.25) is 9.52 Å². The number of nitrogens with zero attached hydrogens (tertiary/aromatic N) is 1. The quantitative estimate of drug-likeness (QED) is 0.465. The van der Waals surface area contributed by atoms with E-state index in [0.717, 1.165) is 22.6 Å².